The van der Waals surface area contributed by atoms with Gasteiger partial charge in [-0.1, -0.05) is 17.3 Å². The fourth-order valence-electron chi connectivity index (χ4n) is 3.36. The first kappa shape index (κ1) is 13.2. The van der Waals surface area contributed by atoms with Crippen LogP contribution in [0.1, 0.15) is 23.5 Å². The molecule has 22 heavy (non-hydrogen) atoms. The van der Waals surface area contributed by atoms with Gasteiger partial charge in [-0.2, -0.15) is 4.98 Å². The number of carbonyl (C=O) groups is 1. The van der Waals surface area contributed by atoms with Crippen LogP contribution in [0.4, 0.5) is 0 Å². The van der Waals surface area contributed by atoms with E-state index < -0.39 is 0 Å². The molecular formula is C16H16N4O2. The predicted molar refractivity (Wildman–Crippen MR) is 78.7 cm³/mol. The minimum Gasteiger partial charge on any atom is -0.348 e. The number of hydrogen-bond acceptors (Lipinski definition) is 5. The zero-order valence-electron chi connectivity index (χ0n) is 12.0. The van der Waals surface area contributed by atoms with E-state index in [-0.39, 0.29) is 11.8 Å². The third kappa shape index (κ3) is 2.41. The summed E-state index contributed by atoms with van der Waals surface area (Å²) in [5.41, 5.74) is 0.774. The lowest BCUT2D eigenvalue weighted by molar-refractivity contribution is 0.0901. The molecule has 1 fully saturated rings. The van der Waals surface area contributed by atoms with E-state index in [2.05, 4.69) is 32.6 Å². The minimum absolute atomic E-state index is 0.00510. The molecule has 2 bridgehead atoms. The number of nitrogens with one attached hydrogen (secondary N) is 1. The minimum atomic E-state index is -0.306. The molecule has 2 aromatic rings. The van der Waals surface area contributed by atoms with Crippen molar-refractivity contribution in [2.75, 3.05) is 6.54 Å². The second-order valence-corrected chi connectivity index (χ2v) is 5.91. The Hall–Kier alpha value is -2.50. The number of rotatable bonds is 4. The number of nitrogens with zero attached hydrogens (tertiary/aromatic N) is 3. The number of pyridine rings is 1. The molecule has 0 aromatic carbocycles. The smallest absolute Gasteiger partial charge is 0.316 e. The second-order valence-electron chi connectivity index (χ2n) is 5.91. The summed E-state index contributed by atoms with van der Waals surface area (Å²) in [5.74, 6) is 1.94. The molecule has 2 aromatic heterocycles. The highest BCUT2D eigenvalue weighted by Crippen LogP contribution is 2.42. The summed E-state index contributed by atoms with van der Waals surface area (Å²) >= 11 is 0. The van der Waals surface area contributed by atoms with Crippen LogP contribution in [-0.4, -0.2) is 27.6 Å². The van der Waals surface area contributed by atoms with Crippen molar-refractivity contribution in [2.24, 2.45) is 17.8 Å². The fourth-order valence-corrected chi connectivity index (χ4v) is 3.36. The maximum atomic E-state index is 12.1. The van der Waals surface area contributed by atoms with E-state index in [1.54, 1.807) is 24.5 Å². The SMILES string of the molecule is O=C(NC[C@H]1C[C@H]2C=C[C@H]1C2)c1nc(-c2ccncc2)no1. The van der Waals surface area contributed by atoms with Gasteiger partial charge in [-0.15, -0.1) is 0 Å². The Labute approximate surface area is 127 Å². The normalized spacial score (nSPS) is 25.5. The van der Waals surface area contributed by atoms with E-state index in [0.717, 1.165) is 12.0 Å². The maximum absolute atomic E-state index is 12.1. The molecular weight excluding hydrogens is 280 g/mol. The lowest BCUT2D eigenvalue weighted by Crippen LogP contribution is -2.31. The molecule has 1 saturated carbocycles. The third-order valence-electron chi connectivity index (χ3n) is 4.50. The summed E-state index contributed by atoms with van der Waals surface area (Å²) < 4.78 is 5.05. The van der Waals surface area contributed by atoms with Crippen LogP contribution in [0.5, 0.6) is 0 Å². The van der Waals surface area contributed by atoms with Crippen LogP contribution in [0, 0.1) is 17.8 Å². The summed E-state index contributed by atoms with van der Waals surface area (Å²) in [6.07, 6.45) is 10.3. The summed E-state index contributed by atoms with van der Waals surface area (Å²) in [7, 11) is 0. The highest BCUT2D eigenvalue weighted by atomic mass is 16.5. The van der Waals surface area contributed by atoms with Crippen LogP contribution in [0.15, 0.2) is 41.2 Å². The summed E-state index contributed by atoms with van der Waals surface area (Å²) in [6, 6.07) is 3.54. The van der Waals surface area contributed by atoms with Gasteiger partial charge in [-0.25, -0.2) is 0 Å². The lowest BCUT2D eigenvalue weighted by Gasteiger charge is -2.17. The number of aromatic nitrogens is 3. The molecule has 0 unspecified atom stereocenters. The first-order valence-corrected chi connectivity index (χ1v) is 7.50. The highest BCUT2D eigenvalue weighted by molar-refractivity contribution is 5.89. The van der Waals surface area contributed by atoms with Crippen molar-refractivity contribution < 1.29 is 9.32 Å². The van der Waals surface area contributed by atoms with Crippen molar-refractivity contribution in [2.45, 2.75) is 12.8 Å². The van der Waals surface area contributed by atoms with E-state index >= 15 is 0 Å². The molecule has 2 aliphatic rings. The average molecular weight is 296 g/mol. The Bertz CT molecular complexity index is 710. The summed E-state index contributed by atoms with van der Waals surface area (Å²) in [6.45, 7) is 0.664. The molecule has 0 radical (unpaired) electrons. The Morgan fingerprint density at radius 3 is 2.86 bits per heavy atom. The predicted octanol–water partition coefficient (Wildman–Crippen LogP) is 2.07. The van der Waals surface area contributed by atoms with Gasteiger partial charge in [0.05, 0.1) is 0 Å². The highest BCUT2D eigenvalue weighted by Gasteiger charge is 2.35. The molecule has 6 heteroatoms. The van der Waals surface area contributed by atoms with Gasteiger partial charge in [-0.05, 0) is 42.7 Å². The van der Waals surface area contributed by atoms with Crippen LogP contribution in [0.3, 0.4) is 0 Å². The third-order valence-corrected chi connectivity index (χ3v) is 4.50. The van der Waals surface area contributed by atoms with Gasteiger partial charge in [0.1, 0.15) is 0 Å². The van der Waals surface area contributed by atoms with Gasteiger partial charge in [-0.3, -0.25) is 9.78 Å². The van der Waals surface area contributed by atoms with E-state index in [1.807, 2.05) is 0 Å². The molecule has 112 valence electrons. The number of amides is 1. The number of carbonyl (C=O) groups excluding carboxylic acids is 1. The Morgan fingerprint density at radius 2 is 2.14 bits per heavy atom. The van der Waals surface area contributed by atoms with E-state index in [1.165, 1.54) is 6.42 Å². The first-order valence-electron chi connectivity index (χ1n) is 7.50. The lowest BCUT2D eigenvalue weighted by atomic mass is 9.94. The van der Waals surface area contributed by atoms with Gasteiger partial charge >= 0.3 is 11.8 Å². The van der Waals surface area contributed by atoms with Crippen LogP contribution in [-0.2, 0) is 0 Å². The largest absolute Gasteiger partial charge is 0.348 e. The van der Waals surface area contributed by atoms with Gasteiger partial charge in [0, 0.05) is 24.5 Å². The Balaban J connectivity index is 1.39. The molecule has 0 spiro atoms. The molecule has 0 aliphatic heterocycles. The number of hydrogen-bond donors (Lipinski definition) is 1. The van der Waals surface area contributed by atoms with Crippen molar-refractivity contribution >= 4 is 5.91 Å². The monoisotopic (exact) mass is 296 g/mol. The van der Waals surface area contributed by atoms with Crippen LogP contribution >= 0.6 is 0 Å². The quantitative estimate of drug-likeness (QED) is 0.874. The molecule has 2 aliphatic carbocycles. The van der Waals surface area contributed by atoms with Crippen LogP contribution in [0.25, 0.3) is 11.4 Å². The number of fused-ring (bicyclic) bond motifs is 2. The van der Waals surface area contributed by atoms with E-state index in [4.69, 9.17) is 4.52 Å². The van der Waals surface area contributed by atoms with Gasteiger partial charge in [0.2, 0.25) is 5.82 Å². The standard InChI is InChI=1S/C16H16N4O2/c21-15(18-9-13-8-10-1-2-12(13)7-10)16-19-14(20-22-16)11-3-5-17-6-4-11/h1-6,10,12-13H,7-9H2,(H,18,21)/t10-,12-,13+/m0/s1. The molecule has 3 atom stereocenters. The van der Waals surface area contributed by atoms with Gasteiger partial charge in [0.15, 0.2) is 0 Å². The van der Waals surface area contributed by atoms with Gasteiger partial charge in [0.25, 0.3) is 0 Å². The van der Waals surface area contributed by atoms with Crippen LogP contribution < -0.4 is 5.32 Å². The van der Waals surface area contributed by atoms with Crippen molar-refractivity contribution in [1.82, 2.24) is 20.4 Å². The maximum Gasteiger partial charge on any atom is 0.316 e. The van der Waals surface area contributed by atoms with Crippen molar-refractivity contribution in [3.05, 3.63) is 42.6 Å². The molecule has 2 heterocycles. The molecule has 6 nitrogen and oxygen atoms in total. The molecule has 0 saturated heterocycles. The van der Waals surface area contributed by atoms with Crippen LogP contribution in [0.2, 0.25) is 0 Å². The van der Waals surface area contributed by atoms with Gasteiger partial charge < -0.3 is 9.84 Å². The first-order chi connectivity index (χ1) is 10.8. The average Bonchev–Trinajstić information content (AvgIpc) is 3.29. The van der Waals surface area contributed by atoms with Crippen molar-refractivity contribution in [3.63, 3.8) is 0 Å². The molecule has 4 rings (SSSR count). The fraction of sp³-hybridized carbons (Fsp3) is 0.375. The number of allylic oxidation sites excluding steroid dienone is 2. The summed E-state index contributed by atoms with van der Waals surface area (Å²) in [4.78, 5) is 20.2. The molecule has 1 amide bonds. The van der Waals surface area contributed by atoms with E-state index in [9.17, 15) is 4.79 Å². The zero-order valence-corrected chi connectivity index (χ0v) is 12.0. The van der Waals surface area contributed by atoms with E-state index in [0.29, 0.717) is 30.1 Å². The summed E-state index contributed by atoms with van der Waals surface area (Å²) in [5, 5.41) is 6.75. The second kappa shape index (κ2) is 5.36. The zero-order chi connectivity index (χ0) is 14.9. The Kier molecular flexibility index (Phi) is 3.21. The van der Waals surface area contributed by atoms with Crippen molar-refractivity contribution in [1.29, 1.82) is 0 Å². The topological polar surface area (TPSA) is 80.9 Å². The molecule has 1 N–H and O–H groups in total. The Morgan fingerprint density at radius 1 is 1.27 bits per heavy atom. The van der Waals surface area contributed by atoms with Crippen molar-refractivity contribution in [3.8, 4) is 11.4 Å².